The highest BCUT2D eigenvalue weighted by molar-refractivity contribution is 5.31. The van der Waals surface area contributed by atoms with E-state index >= 15 is 0 Å². The molecular weight excluding hydrogens is 216 g/mol. The molecular formula is C14H20O3. The van der Waals surface area contributed by atoms with Gasteiger partial charge in [-0.15, -0.1) is 0 Å². The molecule has 0 heterocycles. The summed E-state index contributed by atoms with van der Waals surface area (Å²) < 4.78 is 10.9. The summed E-state index contributed by atoms with van der Waals surface area (Å²) in [6.45, 7) is 2.20. The summed E-state index contributed by atoms with van der Waals surface area (Å²) >= 11 is 0. The lowest BCUT2D eigenvalue weighted by atomic mass is 9.86. The van der Waals surface area contributed by atoms with Gasteiger partial charge in [-0.1, -0.05) is 6.92 Å². The number of benzene rings is 1. The Morgan fingerprint density at radius 3 is 2.41 bits per heavy atom. The zero-order chi connectivity index (χ0) is 12.3. The Kier molecular flexibility index (Phi) is 3.89. The fourth-order valence-electron chi connectivity index (χ4n) is 2.27. The Morgan fingerprint density at radius 1 is 1.12 bits per heavy atom. The number of hydrogen-bond donors (Lipinski definition) is 1. The molecule has 0 spiro atoms. The van der Waals surface area contributed by atoms with Crippen LogP contribution in [-0.4, -0.2) is 24.4 Å². The molecule has 0 unspecified atom stereocenters. The molecule has 0 bridgehead atoms. The van der Waals surface area contributed by atoms with Gasteiger partial charge in [0.1, 0.15) is 17.6 Å². The van der Waals surface area contributed by atoms with E-state index in [2.05, 4.69) is 6.92 Å². The average molecular weight is 236 g/mol. The maximum atomic E-state index is 9.90. The van der Waals surface area contributed by atoms with Crippen molar-refractivity contribution in [3.05, 3.63) is 24.3 Å². The molecule has 17 heavy (non-hydrogen) atoms. The van der Waals surface area contributed by atoms with Gasteiger partial charge in [0.2, 0.25) is 0 Å². The zero-order valence-corrected chi connectivity index (χ0v) is 10.4. The van der Waals surface area contributed by atoms with Crippen molar-refractivity contribution in [1.29, 1.82) is 0 Å². The van der Waals surface area contributed by atoms with E-state index in [1.165, 1.54) is 0 Å². The highest BCUT2D eigenvalue weighted by atomic mass is 16.5. The minimum absolute atomic E-state index is 0.0767. The van der Waals surface area contributed by atoms with Crippen molar-refractivity contribution < 1.29 is 14.6 Å². The molecule has 0 aromatic heterocycles. The fourth-order valence-corrected chi connectivity index (χ4v) is 2.27. The Hall–Kier alpha value is -1.22. The lowest BCUT2D eigenvalue weighted by Gasteiger charge is -2.31. The topological polar surface area (TPSA) is 38.7 Å². The molecule has 0 radical (unpaired) electrons. The van der Waals surface area contributed by atoms with Crippen LogP contribution in [0.4, 0.5) is 0 Å². The van der Waals surface area contributed by atoms with E-state index in [0.29, 0.717) is 5.92 Å². The number of aliphatic hydroxyl groups is 1. The summed E-state index contributed by atoms with van der Waals surface area (Å²) in [5, 5.41) is 9.90. The lowest BCUT2D eigenvalue weighted by Crippen LogP contribution is -2.37. The van der Waals surface area contributed by atoms with Gasteiger partial charge in [-0.3, -0.25) is 0 Å². The van der Waals surface area contributed by atoms with Crippen molar-refractivity contribution in [2.75, 3.05) is 7.11 Å². The van der Waals surface area contributed by atoms with E-state index in [1.54, 1.807) is 7.11 Å². The van der Waals surface area contributed by atoms with Gasteiger partial charge in [0.05, 0.1) is 13.2 Å². The maximum absolute atomic E-state index is 9.90. The summed E-state index contributed by atoms with van der Waals surface area (Å²) in [5.74, 6) is 2.24. The number of rotatable bonds is 3. The van der Waals surface area contributed by atoms with Gasteiger partial charge in [-0.25, -0.2) is 0 Å². The van der Waals surface area contributed by atoms with Crippen LogP contribution in [0.25, 0.3) is 0 Å². The predicted molar refractivity (Wildman–Crippen MR) is 66.4 cm³/mol. The van der Waals surface area contributed by atoms with Crippen LogP contribution in [0, 0.1) is 5.92 Å². The highest BCUT2D eigenvalue weighted by Crippen LogP contribution is 2.28. The normalized spacial score (nSPS) is 28.8. The maximum Gasteiger partial charge on any atom is 0.125 e. The standard InChI is InChI=1S/C14H20O3/c1-10-3-8-13(15)14(9-10)17-12-6-4-11(16-2)5-7-12/h4-7,10,13-15H,3,8-9H2,1-2H3/t10-,13+,14+/m0/s1. The second kappa shape index (κ2) is 5.41. The van der Waals surface area contributed by atoms with Crippen LogP contribution in [0.1, 0.15) is 26.2 Å². The minimum Gasteiger partial charge on any atom is -0.497 e. The molecule has 0 saturated heterocycles. The van der Waals surface area contributed by atoms with Gasteiger partial charge in [0.15, 0.2) is 0 Å². The van der Waals surface area contributed by atoms with Crippen molar-refractivity contribution in [3.63, 3.8) is 0 Å². The van der Waals surface area contributed by atoms with Crippen LogP contribution in [0.5, 0.6) is 11.5 Å². The van der Waals surface area contributed by atoms with Gasteiger partial charge in [-0.2, -0.15) is 0 Å². The molecule has 3 nitrogen and oxygen atoms in total. The van der Waals surface area contributed by atoms with Crippen molar-refractivity contribution >= 4 is 0 Å². The third-order valence-corrected chi connectivity index (χ3v) is 3.37. The number of ether oxygens (including phenoxy) is 2. The van der Waals surface area contributed by atoms with Crippen LogP contribution in [0.15, 0.2) is 24.3 Å². The summed E-state index contributed by atoms with van der Waals surface area (Å²) in [5.41, 5.74) is 0. The smallest absolute Gasteiger partial charge is 0.125 e. The minimum atomic E-state index is -0.340. The first-order valence-corrected chi connectivity index (χ1v) is 6.18. The fraction of sp³-hybridized carbons (Fsp3) is 0.571. The summed E-state index contributed by atoms with van der Waals surface area (Å²) in [6.07, 6.45) is 2.43. The van der Waals surface area contributed by atoms with Crippen LogP contribution in [-0.2, 0) is 0 Å². The quantitative estimate of drug-likeness (QED) is 0.876. The van der Waals surface area contributed by atoms with Gasteiger partial charge in [0.25, 0.3) is 0 Å². The van der Waals surface area contributed by atoms with Crippen LogP contribution < -0.4 is 9.47 Å². The Morgan fingerprint density at radius 2 is 1.76 bits per heavy atom. The van der Waals surface area contributed by atoms with Crippen molar-refractivity contribution in [1.82, 2.24) is 0 Å². The predicted octanol–water partition coefficient (Wildman–Crippen LogP) is 2.62. The first-order valence-electron chi connectivity index (χ1n) is 6.18. The largest absolute Gasteiger partial charge is 0.497 e. The van der Waals surface area contributed by atoms with E-state index in [9.17, 15) is 5.11 Å². The first kappa shape index (κ1) is 12.2. The number of aliphatic hydroxyl groups excluding tert-OH is 1. The van der Waals surface area contributed by atoms with Crippen molar-refractivity contribution in [2.45, 2.75) is 38.4 Å². The van der Waals surface area contributed by atoms with Crippen LogP contribution >= 0.6 is 0 Å². The molecule has 3 heteroatoms. The SMILES string of the molecule is COc1ccc(O[C@@H]2C[C@@H](C)CC[C@H]2O)cc1. The summed E-state index contributed by atoms with van der Waals surface area (Å²) in [4.78, 5) is 0. The number of hydrogen-bond acceptors (Lipinski definition) is 3. The molecule has 1 saturated carbocycles. The van der Waals surface area contributed by atoms with E-state index < -0.39 is 0 Å². The molecule has 0 amide bonds. The molecule has 3 atom stereocenters. The van der Waals surface area contributed by atoms with Crippen LogP contribution in [0.3, 0.4) is 0 Å². The Balaban J connectivity index is 1.98. The third-order valence-electron chi connectivity index (χ3n) is 3.37. The molecule has 1 aromatic carbocycles. The molecule has 2 rings (SSSR count). The van der Waals surface area contributed by atoms with E-state index in [0.717, 1.165) is 30.8 Å². The third kappa shape index (κ3) is 3.13. The average Bonchev–Trinajstić information content (AvgIpc) is 2.35. The molecule has 1 aliphatic rings. The van der Waals surface area contributed by atoms with E-state index in [-0.39, 0.29) is 12.2 Å². The van der Waals surface area contributed by atoms with Gasteiger partial charge in [-0.05, 0) is 49.4 Å². The van der Waals surface area contributed by atoms with Crippen LogP contribution in [0.2, 0.25) is 0 Å². The Labute approximate surface area is 102 Å². The second-order valence-corrected chi connectivity index (χ2v) is 4.82. The van der Waals surface area contributed by atoms with Crippen molar-refractivity contribution in [3.8, 4) is 11.5 Å². The van der Waals surface area contributed by atoms with Gasteiger partial charge < -0.3 is 14.6 Å². The Bertz CT molecular complexity index is 347. The van der Waals surface area contributed by atoms with E-state index in [4.69, 9.17) is 9.47 Å². The molecule has 1 aromatic rings. The molecule has 1 N–H and O–H groups in total. The van der Waals surface area contributed by atoms with E-state index in [1.807, 2.05) is 24.3 Å². The van der Waals surface area contributed by atoms with Gasteiger partial charge in [0, 0.05) is 0 Å². The molecule has 0 aliphatic heterocycles. The zero-order valence-electron chi connectivity index (χ0n) is 10.4. The highest BCUT2D eigenvalue weighted by Gasteiger charge is 2.28. The lowest BCUT2D eigenvalue weighted by molar-refractivity contribution is -0.00759. The van der Waals surface area contributed by atoms with Crippen molar-refractivity contribution in [2.24, 2.45) is 5.92 Å². The molecule has 1 aliphatic carbocycles. The van der Waals surface area contributed by atoms with Gasteiger partial charge >= 0.3 is 0 Å². The second-order valence-electron chi connectivity index (χ2n) is 4.82. The molecule has 1 fully saturated rings. The summed E-state index contributed by atoms with van der Waals surface area (Å²) in [6, 6.07) is 7.50. The molecule has 94 valence electrons. The summed E-state index contributed by atoms with van der Waals surface area (Å²) in [7, 11) is 1.64. The number of methoxy groups -OCH3 is 1. The monoisotopic (exact) mass is 236 g/mol. The first-order chi connectivity index (χ1) is 8.19.